The zero-order valence-electron chi connectivity index (χ0n) is 9.37. The first-order chi connectivity index (χ1) is 8.22. The molecule has 17 heavy (non-hydrogen) atoms. The van der Waals surface area contributed by atoms with Crippen LogP contribution >= 0.6 is 15.9 Å². The Morgan fingerprint density at radius 2 is 1.76 bits per heavy atom. The van der Waals surface area contributed by atoms with Crippen LogP contribution in [-0.2, 0) is 0 Å². The summed E-state index contributed by atoms with van der Waals surface area (Å²) >= 11 is 3.54. The van der Waals surface area contributed by atoms with Gasteiger partial charge in [0.15, 0.2) is 0 Å². The Morgan fingerprint density at radius 3 is 2.53 bits per heavy atom. The molecule has 2 aromatic rings. The Hall–Kier alpha value is -1.79. The van der Waals surface area contributed by atoms with Gasteiger partial charge in [-0.05, 0) is 46.6 Å². The summed E-state index contributed by atoms with van der Waals surface area (Å²) in [6, 6.07) is 15.6. The second kappa shape index (κ2) is 5.03. The Kier molecular flexibility index (Phi) is 3.46. The van der Waals surface area contributed by atoms with Gasteiger partial charge in [-0.2, -0.15) is 5.26 Å². The molecule has 0 aliphatic heterocycles. The Balaban J connectivity index is 2.39. The van der Waals surface area contributed by atoms with Crippen LogP contribution in [0.5, 0.6) is 0 Å². The molecule has 0 saturated heterocycles. The van der Waals surface area contributed by atoms with Crippen molar-refractivity contribution in [2.75, 3.05) is 5.32 Å². The van der Waals surface area contributed by atoms with Crippen LogP contribution in [0.1, 0.15) is 11.1 Å². The van der Waals surface area contributed by atoms with Crippen molar-refractivity contribution in [1.82, 2.24) is 0 Å². The fraction of sp³-hybridized carbons (Fsp3) is 0.0714. The first-order valence-electron chi connectivity index (χ1n) is 5.23. The van der Waals surface area contributed by atoms with Gasteiger partial charge in [-0.15, -0.1) is 0 Å². The Morgan fingerprint density at radius 1 is 1.06 bits per heavy atom. The lowest BCUT2D eigenvalue weighted by Gasteiger charge is -2.11. The molecule has 2 rings (SSSR count). The number of rotatable bonds is 2. The van der Waals surface area contributed by atoms with Crippen molar-refractivity contribution in [1.29, 1.82) is 5.26 Å². The number of aryl methyl sites for hydroxylation is 1. The summed E-state index contributed by atoms with van der Waals surface area (Å²) in [6.07, 6.45) is 0. The number of para-hydroxylation sites is 1. The molecule has 0 radical (unpaired) electrons. The van der Waals surface area contributed by atoms with E-state index in [1.165, 1.54) is 0 Å². The number of hydrogen-bond donors (Lipinski definition) is 1. The maximum absolute atomic E-state index is 9.02. The lowest BCUT2D eigenvalue weighted by Crippen LogP contribution is -1.95. The highest BCUT2D eigenvalue weighted by molar-refractivity contribution is 9.10. The van der Waals surface area contributed by atoms with E-state index in [0.717, 1.165) is 21.4 Å². The van der Waals surface area contributed by atoms with Crippen LogP contribution in [0.4, 0.5) is 11.4 Å². The van der Waals surface area contributed by atoms with E-state index < -0.39 is 0 Å². The summed E-state index contributed by atoms with van der Waals surface area (Å²) in [5.74, 6) is 0. The molecule has 0 heterocycles. The van der Waals surface area contributed by atoms with Gasteiger partial charge in [0.2, 0.25) is 0 Å². The summed E-state index contributed by atoms with van der Waals surface area (Å²) < 4.78 is 1.02. The summed E-state index contributed by atoms with van der Waals surface area (Å²) in [5, 5.41) is 12.3. The molecule has 0 saturated carbocycles. The molecule has 84 valence electrons. The summed E-state index contributed by atoms with van der Waals surface area (Å²) in [5.41, 5.74) is 3.58. The number of halogens is 1. The fourth-order valence-electron chi connectivity index (χ4n) is 1.58. The Bertz CT molecular complexity index is 585. The van der Waals surface area contributed by atoms with E-state index in [1.807, 2.05) is 43.3 Å². The quantitative estimate of drug-likeness (QED) is 0.890. The molecule has 0 unspecified atom stereocenters. The second-order valence-corrected chi connectivity index (χ2v) is 4.51. The molecule has 2 aromatic carbocycles. The highest BCUT2D eigenvalue weighted by Crippen LogP contribution is 2.29. The third kappa shape index (κ3) is 2.48. The molecule has 0 amide bonds. The highest BCUT2D eigenvalue weighted by Gasteiger charge is 2.05. The van der Waals surface area contributed by atoms with Crippen molar-refractivity contribution in [3.05, 3.63) is 58.1 Å². The van der Waals surface area contributed by atoms with E-state index in [2.05, 4.69) is 27.3 Å². The topological polar surface area (TPSA) is 35.8 Å². The molecule has 1 N–H and O–H groups in total. The number of anilines is 2. The molecular formula is C14H11BrN2. The second-order valence-electron chi connectivity index (χ2n) is 3.72. The van der Waals surface area contributed by atoms with E-state index in [0.29, 0.717) is 5.56 Å². The highest BCUT2D eigenvalue weighted by atomic mass is 79.9. The minimum atomic E-state index is 0.640. The van der Waals surface area contributed by atoms with E-state index in [9.17, 15) is 0 Å². The maximum Gasteiger partial charge on any atom is 0.101 e. The zero-order valence-corrected chi connectivity index (χ0v) is 11.0. The zero-order chi connectivity index (χ0) is 12.3. The smallest absolute Gasteiger partial charge is 0.101 e. The van der Waals surface area contributed by atoms with Crippen LogP contribution in [0.3, 0.4) is 0 Å². The fourth-order valence-corrected chi connectivity index (χ4v) is 1.94. The lowest BCUT2D eigenvalue weighted by molar-refractivity contribution is 1.40. The first-order valence-corrected chi connectivity index (χ1v) is 6.03. The van der Waals surface area contributed by atoms with Crippen molar-refractivity contribution >= 4 is 27.3 Å². The molecular weight excluding hydrogens is 276 g/mol. The summed E-state index contributed by atoms with van der Waals surface area (Å²) in [6.45, 7) is 2.03. The molecule has 0 atom stereocenters. The Labute approximate surface area is 109 Å². The molecule has 0 spiro atoms. The van der Waals surface area contributed by atoms with Crippen LogP contribution in [0.25, 0.3) is 0 Å². The summed E-state index contributed by atoms with van der Waals surface area (Å²) in [7, 11) is 0. The van der Waals surface area contributed by atoms with Crippen molar-refractivity contribution in [3.8, 4) is 6.07 Å². The van der Waals surface area contributed by atoms with Gasteiger partial charge in [0, 0.05) is 4.47 Å². The third-order valence-electron chi connectivity index (χ3n) is 2.51. The number of hydrogen-bond acceptors (Lipinski definition) is 2. The van der Waals surface area contributed by atoms with Gasteiger partial charge in [-0.25, -0.2) is 0 Å². The number of nitrogens with zero attached hydrogens (tertiary/aromatic N) is 1. The lowest BCUT2D eigenvalue weighted by atomic mass is 10.1. The molecule has 0 aromatic heterocycles. The molecule has 0 aliphatic carbocycles. The normalized spacial score (nSPS) is 9.71. The summed E-state index contributed by atoms with van der Waals surface area (Å²) in [4.78, 5) is 0. The molecule has 0 bridgehead atoms. The monoisotopic (exact) mass is 286 g/mol. The van der Waals surface area contributed by atoms with Gasteiger partial charge < -0.3 is 5.32 Å². The predicted molar refractivity (Wildman–Crippen MR) is 73.3 cm³/mol. The molecule has 2 nitrogen and oxygen atoms in total. The molecule has 0 fully saturated rings. The minimum Gasteiger partial charge on any atom is -0.354 e. The van der Waals surface area contributed by atoms with E-state index in [4.69, 9.17) is 5.26 Å². The maximum atomic E-state index is 9.02. The van der Waals surface area contributed by atoms with E-state index in [1.54, 1.807) is 6.07 Å². The number of benzene rings is 2. The van der Waals surface area contributed by atoms with Gasteiger partial charge in [0.05, 0.1) is 16.9 Å². The largest absolute Gasteiger partial charge is 0.354 e. The average Bonchev–Trinajstić information content (AvgIpc) is 2.35. The van der Waals surface area contributed by atoms with Crippen molar-refractivity contribution in [3.63, 3.8) is 0 Å². The minimum absolute atomic E-state index is 0.640. The van der Waals surface area contributed by atoms with E-state index >= 15 is 0 Å². The van der Waals surface area contributed by atoms with Gasteiger partial charge in [0.25, 0.3) is 0 Å². The standard InChI is InChI=1S/C14H11BrN2/c1-10-5-4-8-13(14(10)15)17-12-7-3-2-6-11(12)9-16/h2-8,17H,1H3. The third-order valence-corrected chi connectivity index (χ3v) is 3.56. The van der Waals surface area contributed by atoms with Gasteiger partial charge in [-0.1, -0.05) is 24.3 Å². The van der Waals surface area contributed by atoms with Gasteiger partial charge in [0.1, 0.15) is 6.07 Å². The molecule has 0 aliphatic rings. The van der Waals surface area contributed by atoms with Crippen LogP contribution in [0.15, 0.2) is 46.9 Å². The SMILES string of the molecule is Cc1cccc(Nc2ccccc2C#N)c1Br. The van der Waals surface area contributed by atoms with Crippen molar-refractivity contribution in [2.24, 2.45) is 0 Å². The van der Waals surface area contributed by atoms with Crippen LogP contribution in [-0.4, -0.2) is 0 Å². The number of nitriles is 1. The van der Waals surface area contributed by atoms with Crippen molar-refractivity contribution < 1.29 is 0 Å². The first kappa shape index (κ1) is 11.7. The number of nitrogens with one attached hydrogen (secondary N) is 1. The predicted octanol–water partition coefficient (Wildman–Crippen LogP) is 4.37. The average molecular weight is 287 g/mol. The van der Waals surface area contributed by atoms with E-state index in [-0.39, 0.29) is 0 Å². The van der Waals surface area contributed by atoms with Crippen LogP contribution < -0.4 is 5.32 Å². The van der Waals surface area contributed by atoms with Gasteiger partial charge >= 0.3 is 0 Å². The molecule has 3 heteroatoms. The van der Waals surface area contributed by atoms with Crippen LogP contribution in [0, 0.1) is 18.3 Å². The van der Waals surface area contributed by atoms with Crippen LogP contribution in [0.2, 0.25) is 0 Å². The van der Waals surface area contributed by atoms with Gasteiger partial charge in [-0.3, -0.25) is 0 Å². The van der Waals surface area contributed by atoms with Crippen molar-refractivity contribution in [2.45, 2.75) is 6.92 Å².